The van der Waals surface area contributed by atoms with Crippen molar-refractivity contribution >= 4 is 42.4 Å². The fourth-order valence-corrected chi connectivity index (χ4v) is 5.54. The lowest BCUT2D eigenvalue weighted by Crippen LogP contribution is -2.44. The molecule has 0 radical (unpaired) electrons. The molecule has 0 heterocycles. The summed E-state index contributed by atoms with van der Waals surface area (Å²) in [4.78, 5) is 0. The minimum atomic E-state index is -4.73. The Morgan fingerprint density at radius 1 is 0.778 bits per heavy atom. The topological polar surface area (TPSA) is 115 Å². The molecular formula is C20H16O6S. The first-order chi connectivity index (χ1) is 12.8. The van der Waals surface area contributed by atoms with E-state index >= 15 is 0 Å². The van der Waals surface area contributed by atoms with Gasteiger partial charge in [0, 0.05) is 0 Å². The van der Waals surface area contributed by atoms with Crippen LogP contribution in [-0.4, -0.2) is 40.5 Å². The molecule has 4 atom stereocenters. The van der Waals surface area contributed by atoms with Gasteiger partial charge in [0.1, 0.15) is 23.6 Å². The Kier molecular flexibility index (Phi) is 3.35. The van der Waals surface area contributed by atoms with E-state index in [4.69, 9.17) is 0 Å². The maximum absolute atomic E-state index is 12.1. The smallest absolute Gasteiger partial charge is 0.274 e. The Hall–Kier alpha value is -2.29. The van der Waals surface area contributed by atoms with Gasteiger partial charge in [-0.05, 0) is 49.5 Å². The minimum absolute atomic E-state index is 0.133. The zero-order chi connectivity index (χ0) is 19.1. The molecule has 6 nitrogen and oxygen atoms in total. The third kappa shape index (κ3) is 2.17. The number of hydrogen-bond donors (Lipinski definition) is 4. The van der Waals surface area contributed by atoms with Crippen LogP contribution in [0, 0.1) is 0 Å². The van der Waals surface area contributed by atoms with Crippen molar-refractivity contribution in [3.63, 3.8) is 0 Å². The highest BCUT2D eigenvalue weighted by Gasteiger charge is 2.47. The zero-order valence-electron chi connectivity index (χ0n) is 13.9. The van der Waals surface area contributed by atoms with E-state index < -0.39 is 33.7 Å². The van der Waals surface area contributed by atoms with Crippen LogP contribution in [-0.2, 0) is 10.1 Å². The summed E-state index contributed by atoms with van der Waals surface area (Å²) in [5.74, 6) is 0. The van der Waals surface area contributed by atoms with Gasteiger partial charge in [0.05, 0.1) is 0 Å². The second kappa shape index (κ2) is 5.37. The van der Waals surface area contributed by atoms with Crippen molar-refractivity contribution in [2.75, 3.05) is 0 Å². The Balaban J connectivity index is 2.03. The van der Waals surface area contributed by atoms with Gasteiger partial charge in [-0.15, -0.1) is 0 Å². The average Bonchev–Trinajstić information content (AvgIpc) is 2.63. The van der Waals surface area contributed by atoms with E-state index in [1.807, 2.05) is 36.4 Å². The van der Waals surface area contributed by atoms with Crippen LogP contribution in [0.3, 0.4) is 0 Å². The molecule has 27 heavy (non-hydrogen) atoms. The second-order valence-electron chi connectivity index (χ2n) is 7.10. The van der Waals surface area contributed by atoms with E-state index in [0.29, 0.717) is 5.39 Å². The molecule has 0 unspecified atom stereocenters. The fraction of sp³-hybridized carbons (Fsp3) is 0.200. The van der Waals surface area contributed by atoms with Gasteiger partial charge >= 0.3 is 0 Å². The molecule has 0 bridgehead atoms. The van der Waals surface area contributed by atoms with Crippen LogP contribution in [0.25, 0.3) is 32.3 Å². The SMILES string of the molecule is O=S(=O)(O)[C@H]1c2c(cc3ccc4cccc5ccc2c3c45)[C@@H](O)[C@H](O)[C@@H]1O. The molecule has 0 saturated carbocycles. The van der Waals surface area contributed by atoms with E-state index in [0.717, 1.165) is 26.9 Å². The van der Waals surface area contributed by atoms with Crippen molar-refractivity contribution < 1.29 is 28.3 Å². The predicted molar refractivity (Wildman–Crippen MR) is 101 cm³/mol. The molecule has 0 aliphatic heterocycles. The summed E-state index contributed by atoms with van der Waals surface area (Å²) in [5.41, 5.74) is 0.329. The molecule has 0 aromatic heterocycles. The molecule has 0 spiro atoms. The monoisotopic (exact) mass is 384 g/mol. The molecule has 0 amide bonds. The fourth-order valence-electron chi connectivity index (χ4n) is 4.46. The maximum Gasteiger partial charge on any atom is 0.274 e. The molecule has 4 aromatic rings. The Labute approximate surface area is 154 Å². The Bertz CT molecular complexity index is 1300. The van der Waals surface area contributed by atoms with Crippen molar-refractivity contribution in [2.45, 2.75) is 23.6 Å². The van der Waals surface area contributed by atoms with Crippen molar-refractivity contribution in [3.05, 3.63) is 59.7 Å². The van der Waals surface area contributed by atoms with Crippen molar-refractivity contribution in [3.8, 4) is 0 Å². The number of aliphatic hydroxyl groups is 3. The standard InChI is InChI=1S/C20H16O6S/c21-17-13-8-11-5-4-9-2-1-3-10-6-7-12(15(11)14(9)10)16(13)20(27(24,25)26)19(23)18(17)22/h1-8,17-23H,(H,24,25,26)/t17-,18+,19+,20+/m1/s1. The van der Waals surface area contributed by atoms with E-state index in [1.165, 1.54) is 0 Å². The highest BCUT2D eigenvalue weighted by Crippen LogP contribution is 2.47. The lowest BCUT2D eigenvalue weighted by atomic mass is 9.80. The van der Waals surface area contributed by atoms with Crippen LogP contribution >= 0.6 is 0 Å². The van der Waals surface area contributed by atoms with Crippen LogP contribution in [0.4, 0.5) is 0 Å². The van der Waals surface area contributed by atoms with Gasteiger partial charge in [0.15, 0.2) is 0 Å². The first kappa shape index (κ1) is 16.9. The highest BCUT2D eigenvalue weighted by molar-refractivity contribution is 7.86. The van der Waals surface area contributed by atoms with Gasteiger partial charge < -0.3 is 15.3 Å². The van der Waals surface area contributed by atoms with Crippen molar-refractivity contribution in [2.24, 2.45) is 0 Å². The summed E-state index contributed by atoms with van der Waals surface area (Å²) in [7, 11) is -4.73. The molecule has 138 valence electrons. The summed E-state index contributed by atoms with van der Waals surface area (Å²) in [5, 5.41) is 34.2. The third-order valence-corrected chi connectivity index (χ3v) is 6.79. The third-order valence-electron chi connectivity index (χ3n) is 5.63. The van der Waals surface area contributed by atoms with Gasteiger partial charge in [-0.1, -0.05) is 42.5 Å². The molecule has 0 fully saturated rings. The zero-order valence-corrected chi connectivity index (χ0v) is 14.8. The summed E-state index contributed by atoms with van der Waals surface area (Å²) in [6, 6.07) is 14.9. The molecular weight excluding hydrogens is 368 g/mol. The van der Waals surface area contributed by atoms with Crippen LogP contribution in [0.2, 0.25) is 0 Å². The Morgan fingerprint density at radius 3 is 2.07 bits per heavy atom. The van der Waals surface area contributed by atoms with Gasteiger partial charge in [0.2, 0.25) is 0 Å². The van der Waals surface area contributed by atoms with Crippen molar-refractivity contribution in [1.82, 2.24) is 0 Å². The average molecular weight is 384 g/mol. The number of benzene rings is 4. The van der Waals surface area contributed by atoms with Crippen LogP contribution < -0.4 is 0 Å². The van der Waals surface area contributed by atoms with Crippen LogP contribution in [0.1, 0.15) is 22.5 Å². The number of hydrogen-bond acceptors (Lipinski definition) is 5. The maximum atomic E-state index is 12.1. The minimum Gasteiger partial charge on any atom is -0.388 e. The van der Waals surface area contributed by atoms with E-state index in [9.17, 15) is 28.3 Å². The molecule has 7 heteroatoms. The molecule has 4 aromatic carbocycles. The molecule has 1 aliphatic carbocycles. The number of fused-ring (bicyclic) bond motifs is 2. The number of rotatable bonds is 1. The molecule has 5 rings (SSSR count). The molecule has 0 saturated heterocycles. The summed E-state index contributed by atoms with van der Waals surface area (Å²) >= 11 is 0. The molecule has 1 aliphatic rings. The van der Waals surface area contributed by atoms with Crippen LogP contribution in [0.15, 0.2) is 48.5 Å². The predicted octanol–water partition coefficient (Wildman–Crippen LogP) is 2.28. The largest absolute Gasteiger partial charge is 0.388 e. The number of aliphatic hydroxyl groups excluding tert-OH is 3. The van der Waals surface area contributed by atoms with Gasteiger partial charge in [-0.2, -0.15) is 8.42 Å². The summed E-state index contributed by atoms with van der Waals surface area (Å²) < 4.78 is 33.9. The van der Waals surface area contributed by atoms with Crippen molar-refractivity contribution in [1.29, 1.82) is 0 Å². The second-order valence-corrected chi connectivity index (χ2v) is 8.63. The van der Waals surface area contributed by atoms with Gasteiger partial charge in [-0.3, -0.25) is 4.55 Å². The van der Waals surface area contributed by atoms with Gasteiger partial charge in [-0.25, -0.2) is 0 Å². The summed E-state index contributed by atoms with van der Waals surface area (Å²) in [6.07, 6.45) is -5.03. The highest BCUT2D eigenvalue weighted by atomic mass is 32.2. The Morgan fingerprint density at radius 2 is 1.41 bits per heavy atom. The van der Waals surface area contributed by atoms with E-state index in [-0.39, 0.29) is 11.1 Å². The quantitative estimate of drug-likeness (QED) is 0.296. The van der Waals surface area contributed by atoms with Crippen LogP contribution in [0.5, 0.6) is 0 Å². The lowest BCUT2D eigenvalue weighted by molar-refractivity contribution is -0.0711. The van der Waals surface area contributed by atoms with E-state index in [1.54, 1.807) is 12.1 Å². The lowest BCUT2D eigenvalue weighted by Gasteiger charge is -2.36. The first-order valence-electron chi connectivity index (χ1n) is 8.50. The molecule has 4 N–H and O–H groups in total. The van der Waals surface area contributed by atoms with Gasteiger partial charge in [0.25, 0.3) is 10.1 Å². The normalized spacial score (nSPS) is 26.1. The summed E-state index contributed by atoms with van der Waals surface area (Å²) in [6.45, 7) is 0. The first-order valence-corrected chi connectivity index (χ1v) is 10.00. The van der Waals surface area contributed by atoms with E-state index in [2.05, 4.69) is 0 Å².